The molecule has 8 heteroatoms. The molecule has 7 nitrogen and oxygen atoms in total. The van der Waals surface area contributed by atoms with Crippen molar-refractivity contribution in [2.24, 2.45) is 0 Å². The summed E-state index contributed by atoms with van der Waals surface area (Å²) in [4.78, 5) is 17.0. The van der Waals surface area contributed by atoms with Gasteiger partial charge in [0.2, 0.25) is 0 Å². The predicted octanol–water partition coefficient (Wildman–Crippen LogP) is 3.31. The van der Waals surface area contributed by atoms with Crippen molar-refractivity contribution in [3.05, 3.63) is 96.4 Å². The Hall–Kier alpha value is -3.78. The van der Waals surface area contributed by atoms with Crippen molar-refractivity contribution in [1.82, 2.24) is 20.1 Å². The van der Waals surface area contributed by atoms with Crippen molar-refractivity contribution in [2.45, 2.75) is 11.3 Å². The number of nitrogens with zero attached hydrogens (tertiary/aromatic N) is 3. The van der Waals surface area contributed by atoms with Gasteiger partial charge in [-0.1, -0.05) is 30.3 Å². The molecule has 0 atom stereocenters. The van der Waals surface area contributed by atoms with E-state index in [0.29, 0.717) is 17.8 Å². The van der Waals surface area contributed by atoms with E-state index in [0.717, 1.165) is 17.7 Å². The van der Waals surface area contributed by atoms with Gasteiger partial charge in [-0.05, 0) is 48.4 Å². The Bertz CT molecular complexity index is 1310. The van der Waals surface area contributed by atoms with Crippen LogP contribution in [-0.2, 0) is 16.3 Å². The fraction of sp³-hybridized carbons (Fsp3) is 0.125. The van der Waals surface area contributed by atoms with Gasteiger partial charge < -0.3 is 5.32 Å². The number of aromatic nitrogens is 3. The first-order valence-electron chi connectivity index (χ1n) is 10.0. The molecule has 0 fully saturated rings. The van der Waals surface area contributed by atoms with Gasteiger partial charge in [0.25, 0.3) is 5.91 Å². The summed E-state index contributed by atoms with van der Waals surface area (Å²) in [7, 11) is -3.24. The maximum Gasteiger partial charge on any atom is 0.252 e. The van der Waals surface area contributed by atoms with E-state index in [1.807, 2.05) is 30.3 Å². The number of nitrogens with one attached hydrogen (secondary N) is 1. The third-order valence-electron chi connectivity index (χ3n) is 4.98. The van der Waals surface area contributed by atoms with Crippen molar-refractivity contribution >= 4 is 15.7 Å². The molecular weight excluding hydrogens is 424 g/mol. The quantitative estimate of drug-likeness (QED) is 0.470. The van der Waals surface area contributed by atoms with E-state index in [9.17, 15) is 13.2 Å². The SMILES string of the molecule is CS(=O)(=O)c1ccc(-n2cc(-c3ccc(C(=O)NCCc4ccccc4)cn3)cn2)cc1. The average molecular weight is 447 g/mol. The van der Waals surface area contributed by atoms with Crippen LogP contribution in [-0.4, -0.2) is 41.9 Å². The van der Waals surface area contributed by atoms with E-state index in [2.05, 4.69) is 15.4 Å². The summed E-state index contributed by atoms with van der Waals surface area (Å²) in [6.07, 6.45) is 6.96. The molecule has 1 N–H and O–H groups in total. The monoisotopic (exact) mass is 446 g/mol. The Morgan fingerprint density at radius 3 is 2.38 bits per heavy atom. The third-order valence-corrected chi connectivity index (χ3v) is 6.10. The Kier molecular flexibility index (Phi) is 6.13. The van der Waals surface area contributed by atoms with Crippen LogP contribution in [0.3, 0.4) is 0 Å². The van der Waals surface area contributed by atoms with Crippen molar-refractivity contribution in [1.29, 1.82) is 0 Å². The number of hydrogen-bond acceptors (Lipinski definition) is 5. The Balaban J connectivity index is 1.40. The van der Waals surface area contributed by atoms with Crippen LogP contribution in [0.5, 0.6) is 0 Å². The van der Waals surface area contributed by atoms with Crippen LogP contribution >= 0.6 is 0 Å². The van der Waals surface area contributed by atoms with Gasteiger partial charge >= 0.3 is 0 Å². The lowest BCUT2D eigenvalue weighted by molar-refractivity contribution is 0.0954. The zero-order valence-corrected chi connectivity index (χ0v) is 18.3. The van der Waals surface area contributed by atoms with Gasteiger partial charge in [0.05, 0.1) is 28.0 Å². The lowest BCUT2D eigenvalue weighted by Crippen LogP contribution is -2.25. The second-order valence-electron chi connectivity index (χ2n) is 7.36. The summed E-state index contributed by atoms with van der Waals surface area (Å²) < 4.78 is 24.9. The van der Waals surface area contributed by atoms with E-state index >= 15 is 0 Å². The Labute approximate surface area is 186 Å². The number of sulfone groups is 1. The summed E-state index contributed by atoms with van der Waals surface area (Å²) in [5.41, 5.74) is 3.87. The van der Waals surface area contributed by atoms with Crippen molar-refractivity contribution < 1.29 is 13.2 Å². The van der Waals surface area contributed by atoms with Gasteiger partial charge in [-0.2, -0.15) is 5.10 Å². The molecule has 2 aromatic carbocycles. The Morgan fingerprint density at radius 2 is 1.72 bits per heavy atom. The first-order valence-corrected chi connectivity index (χ1v) is 11.9. The van der Waals surface area contributed by atoms with Gasteiger partial charge in [-0.25, -0.2) is 13.1 Å². The van der Waals surface area contributed by atoms with Crippen LogP contribution in [0.25, 0.3) is 16.9 Å². The number of pyridine rings is 1. The van der Waals surface area contributed by atoms with E-state index < -0.39 is 9.84 Å². The molecule has 0 saturated heterocycles. The minimum atomic E-state index is -3.24. The summed E-state index contributed by atoms with van der Waals surface area (Å²) in [6, 6.07) is 20.0. The van der Waals surface area contributed by atoms with Gasteiger partial charge in [-0.15, -0.1) is 0 Å². The highest BCUT2D eigenvalue weighted by atomic mass is 32.2. The molecule has 4 aromatic rings. The van der Waals surface area contributed by atoms with E-state index in [1.165, 1.54) is 11.8 Å². The summed E-state index contributed by atoms with van der Waals surface area (Å²) in [5.74, 6) is -0.165. The number of benzene rings is 2. The van der Waals surface area contributed by atoms with Crippen LogP contribution in [0.2, 0.25) is 0 Å². The molecule has 0 bridgehead atoms. The Morgan fingerprint density at radius 1 is 0.969 bits per heavy atom. The van der Waals surface area contributed by atoms with Gasteiger partial charge in [0.1, 0.15) is 0 Å². The first-order chi connectivity index (χ1) is 15.4. The molecule has 0 saturated carbocycles. The molecule has 0 aliphatic rings. The second-order valence-corrected chi connectivity index (χ2v) is 9.38. The average Bonchev–Trinajstić information content (AvgIpc) is 3.30. The van der Waals surface area contributed by atoms with E-state index in [-0.39, 0.29) is 10.8 Å². The van der Waals surface area contributed by atoms with Gasteiger partial charge in [-0.3, -0.25) is 9.78 Å². The van der Waals surface area contributed by atoms with Crippen LogP contribution in [0.15, 0.2) is 90.2 Å². The molecule has 2 heterocycles. The summed E-state index contributed by atoms with van der Waals surface area (Å²) in [6.45, 7) is 0.551. The summed E-state index contributed by atoms with van der Waals surface area (Å²) >= 11 is 0. The molecular formula is C24H22N4O3S. The number of carbonyl (C=O) groups excluding carboxylic acids is 1. The van der Waals surface area contributed by atoms with Crippen molar-refractivity contribution in [3.8, 4) is 16.9 Å². The molecule has 4 rings (SSSR count). The number of rotatable bonds is 7. The minimum Gasteiger partial charge on any atom is -0.352 e. The standard InChI is InChI=1S/C24H22N4O3S/c1-32(30,31)22-10-8-21(9-11-22)28-17-20(16-27-28)23-12-7-19(15-26-23)24(29)25-14-13-18-5-3-2-4-6-18/h2-12,15-17H,13-14H2,1H3,(H,25,29). The van der Waals surface area contributed by atoms with Crippen molar-refractivity contribution in [2.75, 3.05) is 12.8 Å². The lowest BCUT2D eigenvalue weighted by atomic mass is 10.1. The topological polar surface area (TPSA) is 94.0 Å². The molecule has 32 heavy (non-hydrogen) atoms. The fourth-order valence-electron chi connectivity index (χ4n) is 3.21. The minimum absolute atomic E-state index is 0.165. The third kappa shape index (κ3) is 5.09. The second kappa shape index (κ2) is 9.15. The van der Waals surface area contributed by atoms with Crippen LogP contribution in [0.4, 0.5) is 0 Å². The normalized spacial score (nSPS) is 11.3. The zero-order valence-electron chi connectivity index (χ0n) is 17.5. The van der Waals surface area contributed by atoms with E-state index in [1.54, 1.807) is 59.7 Å². The smallest absolute Gasteiger partial charge is 0.252 e. The fourth-order valence-corrected chi connectivity index (χ4v) is 3.84. The first kappa shape index (κ1) is 21.5. The largest absolute Gasteiger partial charge is 0.352 e. The molecule has 0 radical (unpaired) electrons. The molecule has 1 amide bonds. The lowest BCUT2D eigenvalue weighted by Gasteiger charge is -2.06. The number of amides is 1. The van der Waals surface area contributed by atoms with Crippen LogP contribution in [0, 0.1) is 0 Å². The van der Waals surface area contributed by atoms with Crippen LogP contribution < -0.4 is 5.32 Å². The number of carbonyl (C=O) groups is 1. The van der Waals surface area contributed by atoms with E-state index in [4.69, 9.17) is 0 Å². The molecule has 0 spiro atoms. The highest BCUT2D eigenvalue weighted by Crippen LogP contribution is 2.19. The summed E-state index contributed by atoms with van der Waals surface area (Å²) in [5, 5.41) is 7.24. The molecule has 0 unspecified atom stereocenters. The maximum atomic E-state index is 12.4. The maximum absolute atomic E-state index is 12.4. The van der Waals surface area contributed by atoms with Crippen LogP contribution in [0.1, 0.15) is 15.9 Å². The van der Waals surface area contributed by atoms with Gasteiger partial charge in [0, 0.05) is 30.8 Å². The van der Waals surface area contributed by atoms with Crippen molar-refractivity contribution in [3.63, 3.8) is 0 Å². The molecule has 2 aromatic heterocycles. The molecule has 0 aliphatic heterocycles. The highest BCUT2D eigenvalue weighted by Gasteiger charge is 2.10. The molecule has 0 aliphatic carbocycles. The molecule has 162 valence electrons. The zero-order chi connectivity index (χ0) is 22.6. The predicted molar refractivity (Wildman–Crippen MR) is 122 cm³/mol. The number of hydrogen-bond donors (Lipinski definition) is 1. The van der Waals surface area contributed by atoms with Gasteiger partial charge in [0.15, 0.2) is 9.84 Å². The highest BCUT2D eigenvalue weighted by molar-refractivity contribution is 7.90.